The first-order valence-corrected chi connectivity index (χ1v) is 22.7. The molecule has 0 spiro atoms. The predicted octanol–water partition coefficient (Wildman–Crippen LogP) is 17.4. The van der Waals surface area contributed by atoms with Crippen LogP contribution in [0.5, 0.6) is 0 Å². The van der Waals surface area contributed by atoms with E-state index in [2.05, 4.69) is 218 Å². The van der Waals surface area contributed by atoms with Gasteiger partial charge >= 0.3 is 0 Å². The van der Waals surface area contributed by atoms with Gasteiger partial charge in [-0.3, -0.25) is 0 Å². The number of aromatic nitrogens is 2. The zero-order chi connectivity index (χ0) is 44.5. The van der Waals surface area contributed by atoms with E-state index in [9.17, 15) is 0 Å². The number of para-hydroxylation sites is 1. The second-order valence-electron chi connectivity index (χ2n) is 16.9. The Morgan fingerprint density at radius 3 is 1.18 bits per heavy atom. The second kappa shape index (κ2) is 17.2. The summed E-state index contributed by atoms with van der Waals surface area (Å²) in [5, 5.41) is 2.23. The molecule has 12 aromatic rings. The summed E-state index contributed by atoms with van der Waals surface area (Å²) >= 11 is 0. The van der Waals surface area contributed by atoms with Crippen molar-refractivity contribution in [3.05, 3.63) is 255 Å². The van der Waals surface area contributed by atoms with Crippen molar-refractivity contribution in [1.29, 1.82) is 0 Å². The number of hydrogen-bond acceptors (Lipinski definition) is 3. The molecule has 0 unspecified atom stereocenters. The number of hydrogen-bond donors (Lipinski definition) is 0. The van der Waals surface area contributed by atoms with Crippen molar-refractivity contribution < 1.29 is 4.42 Å². The monoisotopic (exact) mass is 854 g/mol. The van der Waals surface area contributed by atoms with Crippen LogP contribution in [0, 0.1) is 0 Å². The van der Waals surface area contributed by atoms with Gasteiger partial charge in [-0.25, -0.2) is 9.97 Å². The van der Waals surface area contributed by atoms with Crippen molar-refractivity contribution >= 4 is 21.9 Å². The lowest BCUT2D eigenvalue weighted by molar-refractivity contribution is 0.669. The summed E-state index contributed by atoms with van der Waals surface area (Å²) in [4.78, 5) is 10.2. The zero-order valence-corrected chi connectivity index (χ0v) is 36.6. The molecule has 2 aromatic heterocycles. The van der Waals surface area contributed by atoms with E-state index in [0.717, 1.165) is 83.4 Å². The highest BCUT2D eigenvalue weighted by atomic mass is 16.3. The fraction of sp³-hybridized carbons (Fsp3) is 0. The molecule has 0 fully saturated rings. The quantitative estimate of drug-likeness (QED) is 0.145. The standard InChI is InChI=1S/C64H42N2O/c1-5-15-43(16-6-1)45-27-33-49(34-28-45)59-42-60(66-64(65-59)52-21-11-4-12-22-52)50-35-29-47(30-36-50)46-25-31-48(32-26-46)56-40-54(44-17-7-2-8-18-44)41-57(63(56)51-19-9-3-10-20-51)53-37-38-62-58(39-53)55-23-13-14-24-61(55)67-62/h1-42H. The van der Waals surface area contributed by atoms with Gasteiger partial charge in [0.1, 0.15) is 11.2 Å². The average molecular weight is 855 g/mol. The van der Waals surface area contributed by atoms with E-state index in [4.69, 9.17) is 14.4 Å². The highest BCUT2D eigenvalue weighted by molar-refractivity contribution is 6.07. The van der Waals surface area contributed by atoms with Gasteiger partial charge in [0.2, 0.25) is 0 Å². The van der Waals surface area contributed by atoms with Gasteiger partial charge in [-0.2, -0.15) is 0 Å². The van der Waals surface area contributed by atoms with Crippen molar-refractivity contribution in [2.75, 3.05) is 0 Å². The fourth-order valence-corrected chi connectivity index (χ4v) is 9.30. The van der Waals surface area contributed by atoms with Crippen molar-refractivity contribution in [1.82, 2.24) is 9.97 Å². The van der Waals surface area contributed by atoms with Crippen molar-refractivity contribution in [2.24, 2.45) is 0 Å². The molecule has 3 nitrogen and oxygen atoms in total. The lowest BCUT2D eigenvalue weighted by Gasteiger charge is -2.19. The van der Waals surface area contributed by atoms with Crippen LogP contribution in [0.3, 0.4) is 0 Å². The molecule has 0 aliphatic carbocycles. The summed E-state index contributed by atoms with van der Waals surface area (Å²) in [6, 6.07) is 90.2. The molecule has 12 rings (SSSR count). The summed E-state index contributed by atoms with van der Waals surface area (Å²) in [7, 11) is 0. The van der Waals surface area contributed by atoms with Crippen LogP contribution in [0.4, 0.5) is 0 Å². The maximum absolute atomic E-state index is 6.27. The van der Waals surface area contributed by atoms with E-state index < -0.39 is 0 Å². The molecule has 0 N–H and O–H groups in total. The molecule has 314 valence electrons. The van der Waals surface area contributed by atoms with E-state index in [1.54, 1.807) is 0 Å². The summed E-state index contributed by atoms with van der Waals surface area (Å²) in [6.07, 6.45) is 0. The molecule has 67 heavy (non-hydrogen) atoms. The summed E-state index contributed by atoms with van der Waals surface area (Å²) < 4.78 is 6.27. The van der Waals surface area contributed by atoms with Gasteiger partial charge in [-0.1, -0.05) is 218 Å². The molecule has 2 heterocycles. The highest BCUT2D eigenvalue weighted by Crippen LogP contribution is 2.45. The molecule has 0 saturated heterocycles. The van der Waals surface area contributed by atoms with Crippen LogP contribution >= 0.6 is 0 Å². The van der Waals surface area contributed by atoms with E-state index in [1.807, 2.05) is 36.4 Å². The van der Waals surface area contributed by atoms with Gasteiger partial charge < -0.3 is 4.42 Å². The van der Waals surface area contributed by atoms with Crippen molar-refractivity contribution in [2.45, 2.75) is 0 Å². The van der Waals surface area contributed by atoms with Crippen molar-refractivity contribution in [3.63, 3.8) is 0 Å². The molecule has 0 bridgehead atoms. The Kier molecular flexibility index (Phi) is 10.2. The Morgan fingerprint density at radius 1 is 0.239 bits per heavy atom. The van der Waals surface area contributed by atoms with Gasteiger partial charge in [0.25, 0.3) is 0 Å². The van der Waals surface area contributed by atoms with Crippen LogP contribution in [0.25, 0.3) is 123 Å². The van der Waals surface area contributed by atoms with Gasteiger partial charge in [0.05, 0.1) is 11.4 Å². The van der Waals surface area contributed by atoms with Gasteiger partial charge in [0, 0.05) is 27.5 Å². The normalized spacial score (nSPS) is 11.3. The maximum Gasteiger partial charge on any atom is 0.160 e. The molecule has 0 amide bonds. The van der Waals surface area contributed by atoms with Crippen LogP contribution in [-0.2, 0) is 0 Å². The Morgan fingerprint density at radius 2 is 0.627 bits per heavy atom. The number of rotatable bonds is 9. The minimum absolute atomic E-state index is 0.699. The molecule has 0 atom stereocenters. The third kappa shape index (κ3) is 7.79. The SMILES string of the molecule is c1ccc(-c2ccc(-c3cc(-c4ccc(-c5ccc(-c6cc(-c7ccccc7)cc(-c7ccc8oc9ccccc9c8c7)c6-c6ccccc6)cc5)cc4)nc(-c4ccccc4)n3)cc2)cc1. The Hall–Kier alpha value is -8.92. The Labute approximate surface area is 390 Å². The van der Waals surface area contributed by atoms with Crippen molar-refractivity contribution in [3.8, 4) is 101 Å². The molecule has 3 heteroatoms. The molecule has 0 aliphatic heterocycles. The van der Waals surface area contributed by atoms with Crippen LogP contribution < -0.4 is 0 Å². The Bertz CT molecular complexity index is 3680. The third-order valence-electron chi connectivity index (χ3n) is 12.8. The van der Waals surface area contributed by atoms with Gasteiger partial charge in [0.15, 0.2) is 5.82 Å². The van der Waals surface area contributed by atoms with Gasteiger partial charge in [-0.15, -0.1) is 0 Å². The summed E-state index contributed by atoms with van der Waals surface area (Å²) in [6.45, 7) is 0. The maximum atomic E-state index is 6.27. The summed E-state index contributed by atoms with van der Waals surface area (Å²) in [5.41, 5.74) is 20.5. The number of fused-ring (bicyclic) bond motifs is 3. The molecule has 0 aliphatic rings. The van der Waals surface area contributed by atoms with Crippen LogP contribution in [-0.4, -0.2) is 9.97 Å². The molecule has 0 radical (unpaired) electrons. The number of furan rings is 1. The molecule has 10 aromatic carbocycles. The summed E-state index contributed by atoms with van der Waals surface area (Å²) in [5.74, 6) is 0.699. The lowest BCUT2D eigenvalue weighted by atomic mass is 9.84. The first kappa shape index (κ1) is 39.7. The molecule has 0 saturated carbocycles. The first-order chi connectivity index (χ1) is 33.2. The fourth-order valence-electron chi connectivity index (χ4n) is 9.30. The van der Waals surface area contributed by atoms with Crippen LogP contribution in [0.15, 0.2) is 259 Å². The van der Waals surface area contributed by atoms with E-state index in [1.165, 1.54) is 33.4 Å². The highest BCUT2D eigenvalue weighted by Gasteiger charge is 2.19. The van der Waals surface area contributed by atoms with E-state index >= 15 is 0 Å². The third-order valence-corrected chi connectivity index (χ3v) is 12.8. The predicted molar refractivity (Wildman–Crippen MR) is 278 cm³/mol. The largest absolute Gasteiger partial charge is 0.456 e. The smallest absolute Gasteiger partial charge is 0.160 e. The minimum atomic E-state index is 0.699. The molecular weight excluding hydrogens is 813 g/mol. The van der Waals surface area contributed by atoms with E-state index in [-0.39, 0.29) is 0 Å². The minimum Gasteiger partial charge on any atom is -0.456 e. The van der Waals surface area contributed by atoms with Gasteiger partial charge in [-0.05, 0) is 103 Å². The topological polar surface area (TPSA) is 38.9 Å². The first-order valence-electron chi connectivity index (χ1n) is 22.7. The lowest BCUT2D eigenvalue weighted by Crippen LogP contribution is -1.96. The number of benzene rings is 10. The second-order valence-corrected chi connectivity index (χ2v) is 16.9. The van der Waals surface area contributed by atoms with E-state index in [0.29, 0.717) is 5.82 Å². The Balaban J connectivity index is 0.922. The zero-order valence-electron chi connectivity index (χ0n) is 36.6. The molecular formula is C64H42N2O. The average Bonchev–Trinajstić information content (AvgIpc) is 3.79. The van der Waals surface area contributed by atoms with Crippen LogP contribution in [0.2, 0.25) is 0 Å². The number of nitrogens with zero attached hydrogens (tertiary/aromatic N) is 2. The van der Waals surface area contributed by atoms with Crippen LogP contribution in [0.1, 0.15) is 0 Å².